The molecule has 0 aliphatic heterocycles. The fourth-order valence-electron chi connectivity index (χ4n) is 4.79. The molecule has 1 aliphatic carbocycles. The SMILES string of the molecule is CN=CCC(=N)C1(NC(=O)c2ccc(C)c(-c3ccc4oc(-c5ccc(F)cc5)c(C(=O)NC)c4c3)c2)CC1. The van der Waals surface area contributed by atoms with Crippen LogP contribution < -0.4 is 10.6 Å². The zero-order valence-electron chi connectivity index (χ0n) is 22.0. The molecule has 1 aromatic heterocycles. The maximum atomic E-state index is 13.5. The Morgan fingerprint density at radius 2 is 1.77 bits per heavy atom. The van der Waals surface area contributed by atoms with Crippen molar-refractivity contribution in [2.45, 2.75) is 31.7 Å². The first-order chi connectivity index (χ1) is 18.8. The Labute approximate surface area is 225 Å². The molecule has 4 aromatic rings. The summed E-state index contributed by atoms with van der Waals surface area (Å²) in [6, 6.07) is 16.9. The van der Waals surface area contributed by atoms with Gasteiger partial charge in [-0.25, -0.2) is 4.39 Å². The quantitative estimate of drug-likeness (QED) is 0.248. The molecule has 198 valence electrons. The van der Waals surface area contributed by atoms with Crippen molar-refractivity contribution >= 4 is 34.7 Å². The molecular formula is C31H29FN4O3. The van der Waals surface area contributed by atoms with Crippen molar-refractivity contribution in [3.05, 3.63) is 83.2 Å². The number of aryl methyl sites for hydroxylation is 1. The molecule has 1 aliphatic rings. The minimum absolute atomic E-state index is 0.235. The van der Waals surface area contributed by atoms with Gasteiger partial charge >= 0.3 is 0 Å². The molecule has 1 heterocycles. The monoisotopic (exact) mass is 524 g/mol. The zero-order valence-corrected chi connectivity index (χ0v) is 22.0. The standard InChI is InChI=1S/C31H29FN4O3/c1-18-4-5-21(29(37)36-31(13-14-31)26(33)12-15-34-2)17-23(18)20-8-11-25-24(16-20)27(30(38)35-3)28(39-25)19-6-9-22(32)10-7-19/h4-11,15-17,33H,12-14H2,1-3H3,(H,35,38)(H,36,37). The lowest BCUT2D eigenvalue weighted by Crippen LogP contribution is -2.43. The van der Waals surface area contributed by atoms with Crippen molar-refractivity contribution in [3.63, 3.8) is 0 Å². The lowest BCUT2D eigenvalue weighted by Gasteiger charge is -2.18. The first-order valence-electron chi connectivity index (χ1n) is 12.7. The second-order valence-electron chi connectivity index (χ2n) is 9.79. The summed E-state index contributed by atoms with van der Waals surface area (Å²) in [6.07, 6.45) is 3.57. The molecule has 0 spiro atoms. The molecule has 8 heteroatoms. The average Bonchev–Trinajstić information content (AvgIpc) is 3.63. The van der Waals surface area contributed by atoms with Gasteiger partial charge in [-0.15, -0.1) is 0 Å². The Bertz CT molecular complexity index is 1630. The minimum Gasteiger partial charge on any atom is -0.455 e. The van der Waals surface area contributed by atoms with Crippen LogP contribution in [-0.2, 0) is 0 Å². The van der Waals surface area contributed by atoms with Crippen LogP contribution in [0.5, 0.6) is 0 Å². The molecule has 1 saturated carbocycles. The predicted octanol–water partition coefficient (Wildman–Crippen LogP) is 5.95. The van der Waals surface area contributed by atoms with Gasteiger partial charge in [0.1, 0.15) is 17.2 Å². The van der Waals surface area contributed by atoms with E-state index >= 15 is 0 Å². The third-order valence-electron chi connectivity index (χ3n) is 7.22. The van der Waals surface area contributed by atoms with E-state index in [9.17, 15) is 14.0 Å². The Morgan fingerprint density at radius 3 is 2.44 bits per heavy atom. The summed E-state index contributed by atoms with van der Waals surface area (Å²) in [7, 11) is 3.22. The van der Waals surface area contributed by atoms with Gasteiger partial charge in [0.15, 0.2) is 0 Å². The van der Waals surface area contributed by atoms with Crippen molar-refractivity contribution in [3.8, 4) is 22.5 Å². The van der Waals surface area contributed by atoms with Crippen molar-refractivity contribution in [1.82, 2.24) is 10.6 Å². The number of amides is 2. The summed E-state index contributed by atoms with van der Waals surface area (Å²) >= 11 is 0. The third-order valence-corrected chi connectivity index (χ3v) is 7.22. The Balaban J connectivity index is 1.52. The van der Waals surface area contributed by atoms with Gasteiger partial charge in [0.25, 0.3) is 11.8 Å². The number of furan rings is 1. The van der Waals surface area contributed by atoms with E-state index in [1.165, 1.54) is 12.1 Å². The Morgan fingerprint density at radius 1 is 1.05 bits per heavy atom. The van der Waals surface area contributed by atoms with Crippen LogP contribution in [0.2, 0.25) is 0 Å². The molecule has 2 amide bonds. The predicted molar refractivity (Wildman–Crippen MR) is 151 cm³/mol. The fraction of sp³-hybridized carbons (Fsp3) is 0.226. The van der Waals surface area contributed by atoms with Gasteiger partial charge < -0.3 is 25.5 Å². The number of carbonyl (C=O) groups is 2. The van der Waals surface area contributed by atoms with Gasteiger partial charge in [-0.2, -0.15) is 0 Å². The molecular weight excluding hydrogens is 495 g/mol. The molecule has 39 heavy (non-hydrogen) atoms. The number of fused-ring (bicyclic) bond motifs is 1. The number of benzene rings is 3. The highest BCUT2D eigenvalue weighted by atomic mass is 19.1. The van der Waals surface area contributed by atoms with Crippen LogP contribution in [0.1, 0.15) is 45.5 Å². The Kier molecular flexibility index (Phi) is 6.87. The van der Waals surface area contributed by atoms with E-state index in [0.717, 1.165) is 29.5 Å². The number of rotatable bonds is 8. The number of nitrogens with one attached hydrogen (secondary N) is 3. The first-order valence-corrected chi connectivity index (χ1v) is 12.7. The normalized spacial score (nSPS) is 13.9. The smallest absolute Gasteiger partial charge is 0.255 e. The van der Waals surface area contributed by atoms with Crippen molar-refractivity contribution in [2.24, 2.45) is 4.99 Å². The summed E-state index contributed by atoms with van der Waals surface area (Å²) in [5.74, 6) is -0.574. The van der Waals surface area contributed by atoms with E-state index in [1.54, 1.807) is 44.6 Å². The maximum Gasteiger partial charge on any atom is 0.255 e. The molecule has 0 radical (unpaired) electrons. The third kappa shape index (κ3) is 4.97. The zero-order chi connectivity index (χ0) is 27.7. The highest BCUT2D eigenvalue weighted by Crippen LogP contribution is 2.39. The molecule has 0 saturated heterocycles. The van der Waals surface area contributed by atoms with Gasteiger partial charge in [0.2, 0.25) is 0 Å². The number of aliphatic imine (C=N–C) groups is 1. The maximum absolute atomic E-state index is 13.5. The molecule has 0 atom stereocenters. The van der Waals surface area contributed by atoms with Crippen molar-refractivity contribution in [2.75, 3.05) is 14.1 Å². The summed E-state index contributed by atoms with van der Waals surface area (Å²) < 4.78 is 19.6. The van der Waals surface area contributed by atoms with Gasteiger partial charge in [-0.3, -0.25) is 9.59 Å². The highest BCUT2D eigenvalue weighted by Gasteiger charge is 2.47. The van der Waals surface area contributed by atoms with Crippen LogP contribution in [0, 0.1) is 18.2 Å². The number of nitrogens with zero attached hydrogens (tertiary/aromatic N) is 1. The molecule has 0 unspecified atom stereocenters. The van der Waals surface area contributed by atoms with Crippen LogP contribution in [-0.4, -0.2) is 43.4 Å². The van der Waals surface area contributed by atoms with E-state index in [4.69, 9.17) is 9.83 Å². The van der Waals surface area contributed by atoms with Crippen molar-refractivity contribution in [1.29, 1.82) is 5.41 Å². The highest BCUT2D eigenvalue weighted by molar-refractivity contribution is 6.12. The van der Waals surface area contributed by atoms with E-state index < -0.39 is 5.54 Å². The largest absolute Gasteiger partial charge is 0.455 e. The van der Waals surface area contributed by atoms with Crippen molar-refractivity contribution < 1.29 is 18.4 Å². The molecule has 1 fully saturated rings. The van der Waals surface area contributed by atoms with E-state index in [0.29, 0.717) is 45.6 Å². The van der Waals surface area contributed by atoms with E-state index in [2.05, 4.69) is 15.6 Å². The second kappa shape index (κ2) is 10.3. The number of hydrogen-bond donors (Lipinski definition) is 3. The second-order valence-corrected chi connectivity index (χ2v) is 9.79. The van der Waals surface area contributed by atoms with Gasteiger partial charge in [0.05, 0.1) is 11.1 Å². The molecule has 3 aromatic carbocycles. The molecule has 3 N–H and O–H groups in total. The molecule has 0 bridgehead atoms. The van der Waals surface area contributed by atoms with Crippen LogP contribution in [0.25, 0.3) is 33.4 Å². The van der Waals surface area contributed by atoms with Crippen LogP contribution in [0.15, 0.2) is 70.1 Å². The number of halogens is 1. The lowest BCUT2D eigenvalue weighted by atomic mass is 9.95. The first kappa shape index (κ1) is 26.0. The Hall–Kier alpha value is -4.59. The molecule has 5 rings (SSSR count). The topological polar surface area (TPSA) is 108 Å². The fourth-order valence-corrected chi connectivity index (χ4v) is 4.79. The van der Waals surface area contributed by atoms with Crippen LogP contribution >= 0.6 is 0 Å². The van der Waals surface area contributed by atoms with Crippen LogP contribution in [0.4, 0.5) is 4.39 Å². The summed E-state index contributed by atoms with van der Waals surface area (Å²) in [5, 5.41) is 14.7. The lowest BCUT2D eigenvalue weighted by molar-refractivity contribution is 0.0940. The summed E-state index contributed by atoms with van der Waals surface area (Å²) in [4.78, 5) is 30.1. The summed E-state index contributed by atoms with van der Waals surface area (Å²) in [6.45, 7) is 1.96. The van der Waals surface area contributed by atoms with Gasteiger partial charge in [-0.1, -0.05) is 12.1 Å². The van der Waals surface area contributed by atoms with Gasteiger partial charge in [-0.05, 0) is 85.0 Å². The average molecular weight is 525 g/mol. The number of carbonyl (C=O) groups excluding carboxylic acids is 2. The minimum atomic E-state index is -0.599. The van der Waals surface area contributed by atoms with E-state index in [-0.39, 0.29) is 17.6 Å². The van der Waals surface area contributed by atoms with E-state index in [1.807, 2.05) is 31.2 Å². The molecule has 7 nitrogen and oxygen atoms in total. The summed E-state index contributed by atoms with van der Waals surface area (Å²) in [5.41, 5.74) is 4.44. The van der Waals surface area contributed by atoms with Crippen LogP contribution in [0.3, 0.4) is 0 Å². The number of hydrogen-bond acceptors (Lipinski definition) is 5. The van der Waals surface area contributed by atoms with Gasteiger partial charge in [0, 0.05) is 49.0 Å².